The molecule has 1 aromatic carbocycles. The third kappa shape index (κ3) is 2.67. The maximum absolute atomic E-state index is 11.2. The molecule has 0 amide bonds. The number of ketones is 1. The number of carbonyl (C=O) groups is 1. The van der Waals surface area contributed by atoms with Crippen LogP contribution in [0.15, 0.2) is 24.3 Å². The number of Topliss-reactive ketones (excluding diaryl/α,β-unsaturated/α-hetero) is 1. The van der Waals surface area contributed by atoms with Crippen LogP contribution in [-0.2, 0) is 4.79 Å². The van der Waals surface area contributed by atoms with Gasteiger partial charge in [0.15, 0.2) is 0 Å². The fourth-order valence-corrected chi connectivity index (χ4v) is 2.52. The van der Waals surface area contributed by atoms with E-state index in [4.69, 9.17) is 10.5 Å². The van der Waals surface area contributed by atoms with Crippen molar-refractivity contribution in [1.82, 2.24) is 0 Å². The minimum absolute atomic E-state index is 0.0285. The maximum Gasteiger partial charge on any atom is 0.132 e. The van der Waals surface area contributed by atoms with E-state index in [9.17, 15) is 4.79 Å². The van der Waals surface area contributed by atoms with Crippen molar-refractivity contribution >= 4 is 5.78 Å². The highest BCUT2D eigenvalue weighted by Crippen LogP contribution is 2.35. The summed E-state index contributed by atoms with van der Waals surface area (Å²) < 4.78 is 5.33. The first kappa shape index (κ1) is 12.1. The molecule has 1 aliphatic carbocycles. The predicted molar refractivity (Wildman–Crippen MR) is 66.9 cm³/mol. The zero-order chi connectivity index (χ0) is 12.3. The van der Waals surface area contributed by atoms with Gasteiger partial charge in [-0.3, -0.25) is 4.79 Å². The van der Waals surface area contributed by atoms with Gasteiger partial charge in [0.1, 0.15) is 11.5 Å². The molecule has 3 heteroatoms. The van der Waals surface area contributed by atoms with Crippen molar-refractivity contribution in [1.29, 1.82) is 0 Å². The second-order valence-electron chi connectivity index (χ2n) is 4.64. The SMILES string of the molecule is COc1ccccc1C(N)C1CCC(=O)CC1. The quantitative estimate of drug-likeness (QED) is 0.872. The van der Waals surface area contributed by atoms with Crippen LogP contribution in [0.2, 0.25) is 0 Å². The molecule has 0 spiro atoms. The number of methoxy groups -OCH3 is 1. The molecule has 0 saturated heterocycles. The maximum atomic E-state index is 11.2. The molecule has 1 aliphatic rings. The van der Waals surface area contributed by atoms with E-state index in [0.717, 1.165) is 24.2 Å². The molecule has 3 nitrogen and oxygen atoms in total. The van der Waals surface area contributed by atoms with Gasteiger partial charge in [-0.25, -0.2) is 0 Å². The third-order valence-electron chi connectivity index (χ3n) is 3.59. The molecule has 1 atom stereocenters. The molecule has 1 unspecified atom stereocenters. The lowest BCUT2D eigenvalue weighted by Crippen LogP contribution is -2.26. The van der Waals surface area contributed by atoms with E-state index < -0.39 is 0 Å². The average molecular weight is 233 g/mol. The fourth-order valence-electron chi connectivity index (χ4n) is 2.52. The van der Waals surface area contributed by atoms with E-state index in [1.807, 2.05) is 24.3 Å². The number of hydrogen-bond acceptors (Lipinski definition) is 3. The Morgan fingerprint density at radius 3 is 2.59 bits per heavy atom. The van der Waals surface area contributed by atoms with Crippen LogP contribution in [0.1, 0.15) is 37.3 Å². The lowest BCUT2D eigenvalue weighted by atomic mass is 9.81. The Bertz CT molecular complexity index is 393. The number of para-hydroxylation sites is 1. The topological polar surface area (TPSA) is 52.3 Å². The van der Waals surface area contributed by atoms with Gasteiger partial charge in [-0.05, 0) is 24.8 Å². The Morgan fingerprint density at radius 2 is 1.94 bits per heavy atom. The lowest BCUT2D eigenvalue weighted by molar-refractivity contribution is -0.121. The van der Waals surface area contributed by atoms with Crippen LogP contribution in [0.5, 0.6) is 5.75 Å². The van der Waals surface area contributed by atoms with Gasteiger partial charge in [-0.15, -0.1) is 0 Å². The Labute approximate surface area is 102 Å². The van der Waals surface area contributed by atoms with Crippen LogP contribution >= 0.6 is 0 Å². The molecule has 2 N–H and O–H groups in total. The van der Waals surface area contributed by atoms with Crippen molar-refractivity contribution in [3.8, 4) is 5.75 Å². The van der Waals surface area contributed by atoms with E-state index in [1.54, 1.807) is 7.11 Å². The second-order valence-corrected chi connectivity index (χ2v) is 4.64. The van der Waals surface area contributed by atoms with Crippen LogP contribution in [0.4, 0.5) is 0 Å². The molecule has 0 aromatic heterocycles. The summed E-state index contributed by atoms with van der Waals surface area (Å²) in [6.07, 6.45) is 3.15. The Kier molecular flexibility index (Phi) is 3.79. The number of hydrogen-bond donors (Lipinski definition) is 1. The van der Waals surface area contributed by atoms with Crippen LogP contribution in [0.3, 0.4) is 0 Å². The minimum atomic E-state index is -0.0285. The van der Waals surface area contributed by atoms with Crippen molar-refractivity contribution in [2.75, 3.05) is 7.11 Å². The first-order valence-electron chi connectivity index (χ1n) is 6.12. The zero-order valence-corrected chi connectivity index (χ0v) is 10.2. The summed E-state index contributed by atoms with van der Waals surface area (Å²) >= 11 is 0. The van der Waals surface area contributed by atoms with E-state index in [-0.39, 0.29) is 6.04 Å². The normalized spacial score (nSPS) is 19.1. The number of rotatable bonds is 3. The molecule has 17 heavy (non-hydrogen) atoms. The van der Waals surface area contributed by atoms with E-state index >= 15 is 0 Å². The zero-order valence-electron chi connectivity index (χ0n) is 10.2. The Morgan fingerprint density at radius 1 is 1.29 bits per heavy atom. The fraction of sp³-hybridized carbons (Fsp3) is 0.500. The minimum Gasteiger partial charge on any atom is -0.496 e. The van der Waals surface area contributed by atoms with Gasteiger partial charge in [0.05, 0.1) is 7.11 Å². The summed E-state index contributed by atoms with van der Waals surface area (Å²) in [7, 11) is 1.66. The number of benzene rings is 1. The summed E-state index contributed by atoms with van der Waals surface area (Å²) in [4.78, 5) is 11.2. The van der Waals surface area contributed by atoms with Gasteiger partial charge in [0.25, 0.3) is 0 Å². The van der Waals surface area contributed by atoms with Crippen LogP contribution in [0, 0.1) is 5.92 Å². The Hall–Kier alpha value is -1.35. The molecular weight excluding hydrogens is 214 g/mol. The van der Waals surface area contributed by atoms with Gasteiger partial charge in [-0.1, -0.05) is 18.2 Å². The molecule has 1 aromatic rings. The molecule has 92 valence electrons. The highest BCUT2D eigenvalue weighted by Gasteiger charge is 2.26. The van der Waals surface area contributed by atoms with Crippen molar-refractivity contribution in [3.63, 3.8) is 0 Å². The summed E-state index contributed by atoms with van der Waals surface area (Å²) in [5, 5.41) is 0. The largest absolute Gasteiger partial charge is 0.496 e. The standard InChI is InChI=1S/C14H19NO2/c1-17-13-5-3-2-4-12(13)14(15)10-6-8-11(16)9-7-10/h2-5,10,14H,6-9,15H2,1H3. The van der Waals surface area contributed by atoms with Crippen molar-refractivity contribution in [2.24, 2.45) is 11.7 Å². The van der Waals surface area contributed by atoms with Gasteiger partial charge in [0, 0.05) is 24.4 Å². The lowest BCUT2D eigenvalue weighted by Gasteiger charge is -2.28. The average Bonchev–Trinajstić information content (AvgIpc) is 2.39. The molecule has 0 heterocycles. The van der Waals surface area contributed by atoms with Crippen LogP contribution in [0.25, 0.3) is 0 Å². The third-order valence-corrected chi connectivity index (χ3v) is 3.59. The van der Waals surface area contributed by atoms with Crippen LogP contribution in [-0.4, -0.2) is 12.9 Å². The predicted octanol–water partition coefficient (Wildman–Crippen LogP) is 2.45. The Balaban J connectivity index is 2.13. The molecule has 0 aliphatic heterocycles. The van der Waals surface area contributed by atoms with E-state index in [1.165, 1.54) is 0 Å². The molecule has 1 saturated carbocycles. The monoisotopic (exact) mass is 233 g/mol. The second kappa shape index (κ2) is 5.32. The van der Waals surface area contributed by atoms with E-state index in [0.29, 0.717) is 24.5 Å². The van der Waals surface area contributed by atoms with Crippen LogP contribution < -0.4 is 10.5 Å². The molecule has 0 bridgehead atoms. The summed E-state index contributed by atoms with van der Waals surface area (Å²) in [6.45, 7) is 0. The molecule has 2 rings (SSSR count). The van der Waals surface area contributed by atoms with Gasteiger partial charge >= 0.3 is 0 Å². The number of nitrogens with two attached hydrogens (primary N) is 1. The highest BCUT2D eigenvalue weighted by atomic mass is 16.5. The number of ether oxygens (including phenoxy) is 1. The first-order chi connectivity index (χ1) is 8.22. The van der Waals surface area contributed by atoms with Gasteiger partial charge in [-0.2, -0.15) is 0 Å². The van der Waals surface area contributed by atoms with Gasteiger partial charge < -0.3 is 10.5 Å². The summed E-state index contributed by atoms with van der Waals surface area (Å²) in [6, 6.07) is 7.84. The molecule has 1 fully saturated rings. The molecule has 0 radical (unpaired) electrons. The summed E-state index contributed by atoms with van der Waals surface area (Å²) in [5.74, 6) is 1.61. The van der Waals surface area contributed by atoms with E-state index in [2.05, 4.69) is 0 Å². The smallest absolute Gasteiger partial charge is 0.132 e. The first-order valence-corrected chi connectivity index (χ1v) is 6.12. The van der Waals surface area contributed by atoms with Crippen molar-refractivity contribution in [3.05, 3.63) is 29.8 Å². The number of carbonyl (C=O) groups excluding carboxylic acids is 1. The summed E-state index contributed by atoms with van der Waals surface area (Å²) in [5.41, 5.74) is 7.35. The van der Waals surface area contributed by atoms with Gasteiger partial charge in [0.2, 0.25) is 0 Å². The van der Waals surface area contributed by atoms with Crippen molar-refractivity contribution in [2.45, 2.75) is 31.7 Å². The van der Waals surface area contributed by atoms with Crippen molar-refractivity contribution < 1.29 is 9.53 Å². The highest BCUT2D eigenvalue weighted by molar-refractivity contribution is 5.79. The molecular formula is C14H19NO2.